The van der Waals surface area contributed by atoms with E-state index in [0.29, 0.717) is 28.7 Å². The van der Waals surface area contributed by atoms with Gasteiger partial charge in [-0.3, -0.25) is 14.6 Å². The molecule has 0 atom stereocenters. The van der Waals surface area contributed by atoms with Crippen LogP contribution in [0.15, 0.2) is 82.2 Å². The lowest BCUT2D eigenvalue weighted by Crippen LogP contribution is -2.30. The molecule has 0 radical (unpaired) electrons. The Morgan fingerprint density at radius 2 is 1.91 bits per heavy atom. The summed E-state index contributed by atoms with van der Waals surface area (Å²) in [5, 5.41) is 7.20. The van der Waals surface area contributed by atoms with Crippen LogP contribution in [-0.2, 0) is 19.6 Å². The minimum atomic E-state index is -0.392. The van der Waals surface area contributed by atoms with Crippen LogP contribution in [0.25, 0.3) is 0 Å². The van der Waals surface area contributed by atoms with Crippen molar-refractivity contribution in [3.05, 3.63) is 107 Å². The van der Waals surface area contributed by atoms with Gasteiger partial charge in [0.05, 0.1) is 24.9 Å². The highest BCUT2D eigenvalue weighted by Crippen LogP contribution is 2.16. The standard InChI is InChI=1S/C23H19ClN4O4/c24-18-6-1-4-16(10-18)12-26-22(29)21-11-20(32-27-21)15-28(14-19-7-3-9-31-19)23(30)17-5-2-8-25-13-17/h1-11,13H,12,14-15H2,(H,26,29). The zero-order valence-corrected chi connectivity index (χ0v) is 17.7. The Labute approximate surface area is 188 Å². The summed E-state index contributed by atoms with van der Waals surface area (Å²) in [6, 6.07) is 15.6. The zero-order valence-electron chi connectivity index (χ0n) is 16.9. The van der Waals surface area contributed by atoms with Crippen LogP contribution in [0, 0.1) is 0 Å². The molecule has 162 valence electrons. The minimum absolute atomic E-state index is 0.100. The van der Waals surface area contributed by atoms with E-state index in [-0.39, 0.29) is 24.7 Å². The molecule has 9 heteroatoms. The number of halogens is 1. The number of nitrogens with one attached hydrogen (secondary N) is 1. The first-order valence-electron chi connectivity index (χ1n) is 9.78. The van der Waals surface area contributed by atoms with Gasteiger partial charge >= 0.3 is 0 Å². The van der Waals surface area contributed by atoms with Gasteiger partial charge in [-0.25, -0.2) is 0 Å². The second-order valence-electron chi connectivity index (χ2n) is 6.97. The van der Waals surface area contributed by atoms with Gasteiger partial charge in [0.25, 0.3) is 11.8 Å². The highest BCUT2D eigenvalue weighted by molar-refractivity contribution is 6.30. The molecule has 0 aliphatic heterocycles. The Morgan fingerprint density at radius 3 is 2.66 bits per heavy atom. The number of benzene rings is 1. The van der Waals surface area contributed by atoms with Gasteiger partial charge in [-0.15, -0.1) is 0 Å². The van der Waals surface area contributed by atoms with Crippen molar-refractivity contribution in [1.29, 1.82) is 0 Å². The van der Waals surface area contributed by atoms with Crippen molar-refractivity contribution in [3.8, 4) is 0 Å². The maximum atomic E-state index is 13.0. The van der Waals surface area contributed by atoms with E-state index in [0.717, 1.165) is 5.56 Å². The molecule has 3 aromatic heterocycles. The lowest BCUT2D eigenvalue weighted by Gasteiger charge is -2.20. The second kappa shape index (κ2) is 9.93. The van der Waals surface area contributed by atoms with Crippen LogP contribution in [0.2, 0.25) is 5.02 Å². The molecular weight excluding hydrogens is 432 g/mol. The Kier molecular flexibility index (Phi) is 6.62. The Morgan fingerprint density at radius 1 is 1.03 bits per heavy atom. The number of hydrogen-bond donors (Lipinski definition) is 1. The van der Waals surface area contributed by atoms with Crippen LogP contribution < -0.4 is 5.32 Å². The van der Waals surface area contributed by atoms with Crippen molar-refractivity contribution >= 4 is 23.4 Å². The lowest BCUT2D eigenvalue weighted by atomic mass is 10.2. The van der Waals surface area contributed by atoms with Crippen LogP contribution in [0.1, 0.15) is 37.9 Å². The average Bonchev–Trinajstić information content (AvgIpc) is 3.50. The number of nitrogens with zero attached hydrogens (tertiary/aromatic N) is 3. The molecule has 8 nitrogen and oxygen atoms in total. The van der Waals surface area contributed by atoms with Gasteiger partial charge in [0.15, 0.2) is 11.5 Å². The van der Waals surface area contributed by atoms with E-state index in [9.17, 15) is 9.59 Å². The van der Waals surface area contributed by atoms with Crippen LogP contribution in [0.5, 0.6) is 0 Å². The first-order valence-corrected chi connectivity index (χ1v) is 10.2. The summed E-state index contributed by atoms with van der Waals surface area (Å²) in [5.74, 6) is 0.331. The number of carbonyl (C=O) groups excluding carboxylic acids is 2. The Bertz CT molecular complexity index is 1190. The van der Waals surface area contributed by atoms with Crippen molar-refractivity contribution in [2.75, 3.05) is 0 Å². The molecule has 0 unspecified atom stereocenters. The number of rotatable bonds is 8. The van der Waals surface area contributed by atoms with E-state index in [4.69, 9.17) is 20.5 Å². The molecule has 32 heavy (non-hydrogen) atoms. The fraction of sp³-hybridized carbons (Fsp3) is 0.130. The third-order valence-corrected chi connectivity index (χ3v) is 4.84. The van der Waals surface area contributed by atoms with Gasteiger partial charge < -0.3 is 19.2 Å². The van der Waals surface area contributed by atoms with Gasteiger partial charge in [0.1, 0.15) is 5.76 Å². The quantitative estimate of drug-likeness (QED) is 0.434. The molecule has 4 aromatic rings. The number of aromatic nitrogens is 2. The molecule has 0 fully saturated rings. The molecule has 0 saturated carbocycles. The molecule has 1 N–H and O–H groups in total. The van der Waals surface area contributed by atoms with Crippen LogP contribution >= 0.6 is 11.6 Å². The van der Waals surface area contributed by atoms with Gasteiger partial charge in [0.2, 0.25) is 0 Å². The Hall–Kier alpha value is -3.91. The summed E-state index contributed by atoms with van der Waals surface area (Å²) in [6.45, 7) is 0.617. The first kappa shape index (κ1) is 21.3. The Balaban J connectivity index is 1.44. The van der Waals surface area contributed by atoms with Gasteiger partial charge in [-0.2, -0.15) is 0 Å². The van der Waals surface area contributed by atoms with Crippen LogP contribution in [-0.4, -0.2) is 26.9 Å². The summed E-state index contributed by atoms with van der Waals surface area (Å²) in [5.41, 5.74) is 1.41. The fourth-order valence-electron chi connectivity index (χ4n) is 3.06. The van der Waals surface area contributed by atoms with Crippen molar-refractivity contribution < 1.29 is 18.5 Å². The monoisotopic (exact) mass is 450 g/mol. The van der Waals surface area contributed by atoms with Crippen molar-refractivity contribution in [2.24, 2.45) is 0 Å². The van der Waals surface area contributed by atoms with Crippen molar-refractivity contribution in [3.63, 3.8) is 0 Å². The third kappa shape index (κ3) is 5.41. The summed E-state index contributed by atoms with van der Waals surface area (Å²) in [6.07, 6.45) is 4.63. The average molecular weight is 451 g/mol. The zero-order chi connectivity index (χ0) is 22.3. The van der Waals surface area contributed by atoms with Gasteiger partial charge in [0, 0.05) is 30.0 Å². The minimum Gasteiger partial charge on any atom is -0.467 e. The summed E-state index contributed by atoms with van der Waals surface area (Å²) in [4.78, 5) is 31.0. The molecule has 3 heterocycles. The SMILES string of the molecule is O=C(NCc1cccc(Cl)c1)c1cc(CN(Cc2ccco2)C(=O)c2cccnc2)on1. The number of hydrogen-bond acceptors (Lipinski definition) is 6. The van der Waals surface area contributed by atoms with Crippen molar-refractivity contribution in [2.45, 2.75) is 19.6 Å². The maximum absolute atomic E-state index is 13.0. The van der Waals surface area contributed by atoms with E-state index in [2.05, 4.69) is 15.5 Å². The largest absolute Gasteiger partial charge is 0.467 e. The highest BCUT2D eigenvalue weighted by Gasteiger charge is 2.21. The van der Waals surface area contributed by atoms with E-state index in [1.54, 1.807) is 48.9 Å². The normalized spacial score (nSPS) is 10.7. The van der Waals surface area contributed by atoms with Gasteiger partial charge in [-0.1, -0.05) is 28.9 Å². The van der Waals surface area contributed by atoms with E-state index in [1.807, 2.05) is 12.1 Å². The van der Waals surface area contributed by atoms with Gasteiger partial charge in [-0.05, 0) is 42.0 Å². The van der Waals surface area contributed by atoms with E-state index < -0.39 is 5.91 Å². The second-order valence-corrected chi connectivity index (χ2v) is 7.41. The fourth-order valence-corrected chi connectivity index (χ4v) is 3.28. The smallest absolute Gasteiger partial charge is 0.273 e. The highest BCUT2D eigenvalue weighted by atomic mass is 35.5. The summed E-state index contributed by atoms with van der Waals surface area (Å²) in [7, 11) is 0. The molecule has 1 aromatic carbocycles. The molecule has 0 aliphatic carbocycles. The first-order chi connectivity index (χ1) is 15.6. The predicted octanol–water partition coefficient (Wildman–Crippen LogP) is 4.09. The maximum Gasteiger partial charge on any atom is 0.273 e. The van der Waals surface area contributed by atoms with E-state index in [1.165, 1.54) is 17.2 Å². The topological polar surface area (TPSA) is 101 Å². The summed E-state index contributed by atoms with van der Waals surface area (Å²) >= 11 is 5.97. The molecule has 4 rings (SSSR count). The molecule has 0 aliphatic rings. The summed E-state index contributed by atoms with van der Waals surface area (Å²) < 4.78 is 10.7. The predicted molar refractivity (Wildman–Crippen MR) is 116 cm³/mol. The van der Waals surface area contributed by atoms with Crippen LogP contribution in [0.3, 0.4) is 0 Å². The lowest BCUT2D eigenvalue weighted by molar-refractivity contribution is 0.0699. The number of amides is 2. The molecule has 0 spiro atoms. The van der Waals surface area contributed by atoms with E-state index >= 15 is 0 Å². The molecule has 0 bridgehead atoms. The molecule has 0 saturated heterocycles. The molecule has 2 amide bonds. The number of furan rings is 1. The van der Waals surface area contributed by atoms with Crippen molar-refractivity contribution in [1.82, 2.24) is 20.4 Å². The van der Waals surface area contributed by atoms with Crippen LogP contribution in [0.4, 0.5) is 0 Å². The number of carbonyl (C=O) groups is 2. The third-order valence-electron chi connectivity index (χ3n) is 4.60. The molecular formula is C23H19ClN4O4. The number of pyridine rings is 1.